The topological polar surface area (TPSA) is 48.2 Å². The molecule has 0 spiro atoms. The second-order valence-electron chi connectivity index (χ2n) is 8.26. The van der Waals surface area contributed by atoms with Crippen molar-refractivity contribution in [3.05, 3.63) is 35.9 Å². The van der Waals surface area contributed by atoms with Crippen LogP contribution in [0.5, 0.6) is 11.5 Å². The molecule has 0 N–H and O–H groups in total. The van der Waals surface area contributed by atoms with Gasteiger partial charge in [-0.1, -0.05) is 13.0 Å². The van der Waals surface area contributed by atoms with Crippen LogP contribution in [0.3, 0.4) is 0 Å². The van der Waals surface area contributed by atoms with Crippen molar-refractivity contribution >= 4 is 23.0 Å². The Balaban J connectivity index is 1.87. The molecule has 6 nitrogen and oxygen atoms in total. The summed E-state index contributed by atoms with van der Waals surface area (Å²) in [5.41, 5.74) is 5.48. The number of anilines is 1. The summed E-state index contributed by atoms with van der Waals surface area (Å²) in [6.07, 6.45) is 4.32. The Labute approximate surface area is 194 Å². The van der Waals surface area contributed by atoms with Gasteiger partial charge in [-0.2, -0.15) is 5.10 Å². The Hall–Kier alpha value is -2.38. The van der Waals surface area contributed by atoms with Crippen LogP contribution in [-0.4, -0.2) is 56.4 Å². The first kappa shape index (κ1) is 22.8. The van der Waals surface area contributed by atoms with Crippen molar-refractivity contribution in [2.24, 2.45) is 5.92 Å². The van der Waals surface area contributed by atoms with Crippen LogP contribution >= 0.6 is 11.8 Å². The predicted molar refractivity (Wildman–Crippen MR) is 132 cm³/mol. The third-order valence-corrected chi connectivity index (χ3v) is 6.75. The van der Waals surface area contributed by atoms with Crippen molar-refractivity contribution in [2.45, 2.75) is 31.7 Å². The van der Waals surface area contributed by atoms with E-state index in [0.29, 0.717) is 5.92 Å². The minimum Gasteiger partial charge on any atom is -0.497 e. The molecule has 2 aromatic heterocycles. The summed E-state index contributed by atoms with van der Waals surface area (Å²) >= 11 is 1.70. The monoisotopic (exact) mass is 455 g/mol. The number of ether oxygens (including phenoxy) is 3. The van der Waals surface area contributed by atoms with Gasteiger partial charge in [0.2, 0.25) is 0 Å². The number of rotatable bonds is 9. The van der Waals surface area contributed by atoms with Gasteiger partial charge in [0.15, 0.2) is 0 Å². The molecule has 1 saturated heterocycles. The number of aryl methyl sites for hydroxylation is 1. The van der Waals surface area contributed by atoms with E-state index in [1.54, 1.807) is 26.0 Å². The number of hydrogen-bond acceptors (Lipinski definition) is 6. The second kappa shape index (κ2) is 10.0. The molecule has 32 heavy (non-hydrogen) atoms. The third-order valence-electron chi connectivity index (χ3n) is 6.09. The highest BCUT2D eigenvalue weighted by Crippen LogP contribution is 2.40. The third kappa shape index (κ3) is 4.28. The van der Waals surface area contributed by atoms with Crippen LogP contribution in [0.4, 0.5) is 5.69 Å². The molecule has 1 atom stereocenters. The summed E-state index contributed by atoms with van der Waals surface area (Å²) in [6.45, 7) is 8.04. The van der Waals surface area contributed by atoms with Gasteiger partial charge in [0.05, 0.1) is 37.7 Å². The number of thioether (sulfide) groups is 1. The van der Waals surface area contributed by atoms with Gasteiger partial charge >= 0.3 is 0 Å². The first-order chi connectivity index (χ1) is 15.6. The summed E-state index contributed by atoms with van der Waals surface area (Å²) in [7, 11) is 3.38. The molecule has 0 radical (unpaired) electrons. The fraction of sp³-hybridized carbons (Fsp3) is 0.480. The average molecular weight is 456 g/mol. The van der Waals surface area contributed by atoms with Gasteiger partial charge in [0, 0.05) is 37.2 Å². The molecule has 0 amide bonds. The normalized spacial score (nSPS) is 16.0. The Morgan fingerprint density at radius 2 is 2.09 bits per heavy atom. The van der Waals surface area contributed by atoms with Crippen LogP contribution in [0.1, 0.15) is 25.3 Å². The van der Waals surface area contributed by atoms with E-state index in [1.165, 1.54) is 5.69 Å². The summed E-state index contributed by atoms with van der Waals surface area (Å²) in [6, 6.07) is 10.4. The zero-order chi connectivity index (χ0) is 22.7. The van der Waals surface area contributed by atoms with Gasteiger partial charge in [-0.25, -0.2) is 4.52 Å². The summed E-state index contributed by atoms with van der Waals surface area (Å²) in [5.74, 6) is 2.14. The smallest absolute Gasteiger partial charge is 0.142 e. The molecule has 4 rings (SSSR count). The molecule has 0 aliphatic carbocycles. The van der Waals surface area contributed by atoms with Gasteiger partial charge in [-0.15, -0.1) is 11.8 Å². The number of benzene rings is 1. The molecule has 1 aliphatic rings. The van der Waals surface area contributed by atoms with E-state index >= 15 is 0 Å². The fourth-order valence-electron chi connectivity index (χ4n) is 4.59. The minimum absolute atomic E-state index is 0.568. The highest BCUT2D eigenvalue weighted by atomic mass is 32.2. The Morgan fingerprint density at radius 3 is 2.75 bits per heavy atom. The van der Waals surface area contributed by atoms with E-state index in [2.05, 4.69) is 47.7 Å². The first-order valence-corrected chi connectivity index (χ1v) is 12.4. The minimum atomic E-state index is 0.568. The molecule has 1 fully saturated rings. The van der Waals surface area contributed by atoms with Crippen LogP contribution < -0.4 is 14.4 Å². The van der Waals surface area contributed by atoms with Gasteiger partial charge in [0.25, 0.3) is 0 Å². The van der Waals surface area contributed by atoms with Gasteiger partial charge in [-0.3, -0.25) is 0 Å². The average Bonchev–Trinajstić information content (AvgIpc) is 3.45. The lowest BCUT2D eigenvalue weighted by Gasteiger charge is -2.27. The van der Waals surface area contributed by atoms with E-state index in [9.17, 15) is 0 Å². The van der Waals surface area contributed by atoms with Crippen molar-refractivity contribution in [1.82, 2.24) is 9.61 Å². The lowest BCUT2D eigenvalue weighted by Crippen LogP contribution is -2.30. The number of fused-ring (bicyclic) bond motifs is 1. The van der Waals surface area contributed by atoms with Crippen molar-refractivity contribution < 1.29 is 14.2 Å². The van der Waals surface area contributed by atoms with Crippen LogP contribution in [0.15, 0.2) is 35.4 Å². The Kier molecular flexibility index (Phi) is 7.16. The quantitative estimate of drug-likeness (QED) is 0.408. The van der Waals surface area contributed by atoms with Gasteiger partial charge in [0.1, 0.15) is 16.5 Å². The van der Waals surface area contributed by atoms with E-state index in [4.69, 9.17) is 19.3 Å². The standard InChI is InChI=1S/C25H33N3O3S/c1-6-11-27(15-18-10-12-31-16-18)24-21-9-7-8-20(28(21)26-25(24)32-5)23-17(2)13-19(29-3)14-22(23)30-4/h7-9,13-14,18H,6,10-12,15-16H2,1-5H3. The first-order valence-electron chi connectivity index (χ1n) is 11.2. The van der Waals surface area contributed by atoms with Crippen LogP contribution in [0.2, 0.25) is 0 Å². The van der Waals surface area contributed by atoms with E-state index in [-0.39, 0.29) is 0 Å². The summed E-state index contributed by atoms with van der Waals surface area (Å²) in [5, 5.41) is 6.12. The largest absolute Gasteiger partial charge is 0.497 e. The van der Waals surface area contributed by atoms with Crippen molar-refractivity contribution in [1.29, 1.82) is 0 Å². The molecule has 3 heterocycles. The molecule has 1 unspecified atom stereocenters. The van der Waals surface area contributed by atoms with Crippen molar-refractivity contribution in [3.8, 4) is 22.8 Å². The van der Waals surface area contributed by atoms with Crippen LogP contribution in [-0.2, 0) is 4.74 Å². The maximum atomic E-state index is 5.76. The molecule has 3 aromatic rings. The number of pyridine rings is 1. The van der Waals surface area contributed by atoms with E-state index in [0.717, 1.165) is 78.0 Å². The van der Waals surface area contributed by atoms with Gasteiger partial charge in [-0.05, 0) is 49.8 Å². The van der Waals surface area contributed by atoms with E-state index in [1.807, 2.05) is 12.1 Å². The maximum Gasteiger partial charge on any atom is 0.142 e. The lowest BCUT2D eigenvalue weighted by atomic mass is 10.0. The fourth-order valence-corrected chi connectivity index (χ4v) is 5.18. The van der Waals surface area contributed by atoms with Crippen molar-refractivity contribution in [2.75, 3.05) is 51.7 Å². The van der Waals surface area contributed by atoms with E-state index < -0.39 is 0 Å². The number of hydrogen-bond donors (Lipinski definition) is 0. The molecule has 0 bridgehead atoms. The molecule has 1 aromatic carbocycles. The predicted octanol–water partition coefficient (Wildman–Crippen LogP) is 5.30. The van der Waals surface area contributed by atoms with Crippen LogP contribution in [0, 0.1) is 12.8 Å². The Bertz CT molecular complexity index is 1080. The molecule has 0 saturated carbocycles. The molecular formula is C25H33N3O3S. The molecule has 172 valence electrons. The Morgan fingerprint density at radius 1 is 1.25 bits per heavy atom. The molecule has 7 heteroatoms. The zero-order valence-electron chi connectivity index (χ0n) is 19.7. The number of aromatic nitrogens is 2. The lowest BCUT2D eigenvalue weighted by molar-refractivity contribution is 0.186. The number of nitrogens with zero attached hydrogens (tertiary/aromatic N) is 3. The molecular weight excluding hydrogens is 422 g/mol. The SMILES string of the molecule is CCCN(CC1CCOC1)c1c(SC)nn2c(-c3c(C)cc(OC)cc3OC)cccc12. The van der Waals surface area contributed by atoms with Crippen LogP contribution in [0.25, 0.3) is 16.8 Å². The highest BCUT2D eigenvalue weighted by molar-refractivity contribution is 7.98. The van der Waals surface area contributed by atoms with Crippen molar-refractivity contribution in [3.63, 3.8) is 0 Å². The summed E-state index contributed by atoms with van der Waals surface area (Å²) in [4.78, 5) is 2.51. The number of methoxy groups -OCH3 is 2. The molecule has 1 aliphatic heterocycles. The van der Waals surface area contributed by atoms with Gasteiger partial charge < -0.3 is 19.1 Å². The second-order valence-corrected chi connectivity index (χ2v) is 9.06. The maximum absolute atomic E-state index is 5.76. The summed E-state index contributed by atoms with van der Waals surface area (Å²) < 4.78 is 18.9. The zero-order valence-corrected chi connectivity index (χ0v) is 20.5. The highest BCUT2D eigenvalue weighted by Gasteiger charge is 2.25.